The van der Waals surface area contributed by atoms with Crippen LogP contribution in [0.1, 0.15) is 45.6 Å². The third-order valence-corrected chi connectivity index (χ3v) is 3.41. The van der Waals surface area contributed by atoms with Crippen LogP contribution in [0.25, 0.3) is 11.4 Å². The number of nitrogens with one attached hydrogen (secondary N) is 1. The molecule has 0 aliphatic heterocycles. The summed E-state index contributed by atoms with van der Waals surface area (Å²) in [7, 11) is 0. The van der Waals surface area contributed by atoms with Crippen LogP contribution in [0.5, 0.6) is 0 Å². The number of amides is 1. The van der Waals surface area contributed by atoms with Crippen molar-refractivity contribution in [3.8, 4) is 11.4 Å². The first-order chi connectivity index (χ1) is 12.3. The molecule has 0 fully saturated rings. The SMILES string of the molecule is C/C(=N\O)c1ccc(-c2noc(CCCNC(=O)OC(C)(C)C)n2)cc1. The van der Waals surface area contributed by atoms with Gasteiger partial charge >= 0.3 is 6.09 Å². The normalized spacial score (nSPS) is 12.1. The standard InChI is InChI=1S/C18H24N4O4/c1-12(21-24)13-7-9-14(10-8-13)16-20-15(26-22-16)6-5-11-19-17(23)25-18(2,3)4/h7-10,24H,5-6,11H2,1-4H3,(H,19,23)/b21-12+. The first kappa shape index (κ1) is 19.4. The van der Waals surface area contributed by atoms with Gasteiger partial charge in [0.1, 0.15) is 5.60 Å². The second-order valence-corrected chi connectivity index (χ2v) is 6.81. The Kier molecular flexibility index (Phi) is 6.32. The summed E-state index contributed by atoms with van der Waals surface area (Å²) in [6.45, 7) is 7.62. The van der Waals surface area contributed by atoms with Gasteiger partial charge < -0.3 is 19.8 Å². The number of alkyl carbamates (subject to hydrolysis) is 1. The number of aryl methyl sites for hydroxylation is 1. The Morgan fingerprint density at radius 1 is 1.31 bits per heavy atom. The summed E-state index contributed by atoms with van der Waals surface area (Å²) in [6, 6.07) is 7.32. The number of hydrogen-bond acceptors (Lipinski definition) is 7. The maximum absolute atomic E-state index is 11.5. The summed E-state index contributed by atoms with van der Waals surface area (Å²) < 4.78 is 10.4. The highest BCUT2D eigenvalue weighted by Gasteiger charge is 2.15. The van der Waals surface area contributed by atoms with Gasteiger partial charge in [0.25, 0.3) is 0 Å². The largest absolute Gasteiger partial charge is 0.444 e. The molecule has 1 aromatic heterocycles. The number of hydrogen-bond donors (Lipinski definition) is 2. The second kappa shape index (κ2) is 8.46. The molecule has 1 amide bonds. The molecule has 0 saturated carbocycles. The monoisotopic (exact) mass is 360 g/mol. The zero-order chi connectivity index (χ0) is 19.2. The summed E-state index contributed by atoms with van der Waals surface area (Å²) in [4.78, 5) is 15.9. The van der Waals surface area contributed by atoms with Gasteiger partial charge in [-0.3, -0.25) is 0 Å². The lowest BCUT2D eigenvalue weighted by Gasteiger charge is -2.19. The molecule has 2 rings (SSSR count). The van der Waals surface area contributed by atoms with Gasteiger partial charge in [-0.1, -0.05) is 34.6 Å². The Bertz CT molecular complexity index is 760. The van der Waals surface area contributed by atoms with E-state index < -0.39 is 11.7 Å². The van der Waals surface area contributed by atoms with E-state index in [1.54, 1.807) is 6.92 Å². The smallest absolute Gasteiger partial charge is 0.407 e. The second-order valence-electron chi connectivity index (χ2n) is 6.81. The number of carbonyl (C=O) groups is 1. The third-order valence-electron chi connectivity index (χ3n) is 3.41. The van der Waals surface area contributed by atoms with Crippen LogP contribution in [-0.4, -0.2) is 39.3 Å². The Hall–Kier alpha value is -2.90. The molecular weight excluding hydrogens is 336 g/mol. The fourth-order valence-corrected chi connectivity index (χ4v) is 2.14. The average molecular weight is 360 g/mol. The van der Waals surface area contributed by atoms with Crippen molar-refractivity contribution in [2.24, 2.45) is 5.16 Å². The van der Waals surface area contributed by atoms with E-state index in [1.165, 1.54) is 0 Å². The van der Waals surface area contributed by atoms with Gasteiger partial charge in [0.2, 0.25) is 11.7 Å². The van der Waals surface area contributed by atoms with Gasteiger partial charge in [0.05, 0.1) is 5.71 Å². The molecule has 0 saturated heterocycles. The molecule has 0 bridgehead atoms. The Balaban J connectivity index is 1.83. The molecule has 8 heteroatoms. The highest BCUT2D eigenvalue weighted by molar-refractivity contribution is 5.98. The number of nitrogens with zero attached hydrogens (tertiary/aromatic N) is 3. The Labute approximate surface area is 152 Å². The van der Waals surface area contributed by atoms with Gasteiger partial charge in [0.15, 0.2) is 0 Å². The first-order valence-electron chi connectivity index (χ1n) is 8.37. The highest BCUT2D eigenvalue weighted by Crippen LogP contribution is 2.17. The Morgan fingerprint density at radius 2 is 2.00 bits per heavy atom. The molecule has 2 aromatic rings. The fraction of sp³-hybridized carbons (Fsp3) is 0.444. The molecule has 0 radical (unpaired) electrons. The van der Waals surface area contributed by atoms with E-state index in [0.29, 0.717) is 36.8 Å². The van der Waals surface area contributed by atoms with Gasteiger partial charge in [0, 0.05) is 18.5 Å². The van der Waals surface area contributed by atoms with Gasteiger partial charge in [-0.2, -0.15) is 4.98 Å². The van der Waals surface area contributed by atoms with Crippen LogP contribution < -0.4 is 5.32 Å². The maximum atomic E-state index is 11.5. The van der Waals surface area contributed by atoms with Crippen LogP contribution in [0.2, 0.25) is 0 Å². The molecule has 1 heterocycles. The minimum absolute atomic E-state index is 0.439. The van der Waals surface area contributed by atoms with Crippen molar-refractivity contribution in [3.05, 3.63) is 35.7 Å². The van der Waals surface area contributed by atoms with Crippen molar-refractivity contribution < 1.29 is 19.3 Å². The summed E-state index contributed by atoms with van der Waals surface area (Å²) >= 11 is 0. The van der Waals surface area contributed by atoms with Gasteiger partial charge in [-0.25, -0.2) is 4.79 Å². The van der Waals surface area contributed by atoms with E-state index in [0.717, 1.165) is 11.1 Å². The van der Waals surface area contributed by atoms with Crippen LogP contribution in [0.4, 0.5) is 4.79 Å². The summed E-state index contributed by atoms with van der Waals surface area (Å²) in [5, 5.41) is 18.6. The fourth-order valence-electron chi connectivity index (χ4n) is 2.14. The minimum atomic E-state index is -0.511. The zero-order valence-corrected chi connectivity index (χ0v) is 15.4. The van der Waals surface area contributed by atoms with Crippen LogP contribution >= 0.6 is 0 Å². The lowest BCUT2D eigenvalue weighted by atomic mass is 10.1. The molecule has 2 N–H and O–H groups in total. The summed E-state index contributed by atoms with van der Waals surface area (Å²) in [6.07, 6.45) is 0.772. The molecule has 0 aliphatic rings. The van der Waals surface area contributed by atoms with Crippen LogP contribution in [0, 0.1) is 0 Å². The van der Waals surface area contributed by atoms with E-state index in [9.17, 15) is 4.79 Å². The lowest BCUT2D eigenvalue weighted by Crippen LogP contribution is -2.33. The molecule has 8 nitrogen and oxygen atoms in total. The molecule has 1 aromatic carbocycles. The molecule has 0 unspecified atom stereocenters. The van der Waals surface area contributed by atoms with Crippen LogP contribution in [-0.2, 0) is 11.2 Å². The number of rotatable bonds is 6. The van der Waals surface area contributed by atoms with Crippen molar-refractivity contribution in [2.45, 2.75) is 46.1 Å². The molecule has 0 spiro atoms. The van der Waals surface area contributed by atoms with E-state index in [2.05, 4.69) is 20.6 Å². The number of aromatic nitrogens is 2. The number of ether oxygens (including phenoxy) is 1. The van der Waals surface area contributed by atoms with Gasteiger partial charge in [-0.05, 0) is 39.7 Å². The number of carbonyl (C=O) groups excluding carboxylic acids is 1. The van der Waals surface area contributed by atoms with E-state index in [4.69, 9.17) is 14.5 Å². The van der Waals surface area contributed by atoms with Crippen molar-refractivity contribution in [1.29, 1.82) is 0 Å². The maximum Gasteiger partial charge on any atom is 0.407 e. The van der Waals surface area contributed by atoms with E-state index in [1.807, 2.05) is 45.0 Å². The summed E-state index contributed by atoms with van der Waals surface area (Å²) in [5.74, 6) is 0.994. The first-order valence-corrected chi connectivity index (χ1v) is 8.37. The summed E-state index contributed by atoms with van der Waals surface area (Å²) in [5.41, 5.74) is 1.64. The van der Waals surface area contributed by atoms with Crippen molar-refractivity contribution in [1.82, 2.24) is 15.5 Å². The number of benzene rings is 1. The molecule has 26 heavy (non-hydrogen) atoms. The number of oxime groups is 1. The van der Waals surface area contributed by atoms with Crippen LogP contribution in [0.15, 0.2) is 33.9 Å². The molecule has 140 valence electrons. The van der Waals surface area contributed by atoms with Crippen molar-refractivity contribution in [2.75, 3.05) is 6.54 Å². The molecule has 0 atom stereocenters. The zero-order valence-electron chi connectivity index (χ0n) is 15.4. The van der Waals surface area contributed by atoms with E-state index in [-0.39, 0.29) is 0 Å². The Morgan fingerprint density at radius 3 is 2.62 bits per heavy atom. The predicted molar refractivity (Wildman–Crippen MR) is 96.3 cm³/mol. The van der Waals surface area contributed by atoms with Crippen LogP contribution in [0.3, 0.4) is 0 Å². The molecule has 0 aliphatic carbocycles. The van der Waals surface area contributed by atoms with Crippen molar-refractivity contribution >= 4 is 11.8 Å². The molecular formula is C18H24N4O4. The predicted octanol–water partition coefficient (Wildman–Crippen LogP) is 3.39. The minimum Gasteiger partial charge on any atom is -0.444 e. The quantitative estimate of drug-likeness (QED) is 0.354. The lowest BCUT2D eigenvalue weighted by molar-refractivity contribution is 0.0527. The third kappa shape index (κ3) is 5.87. The average Bonchev–Trinajstić information content (AvgIpc) is 3.05. The van der Waals surface area contributed by atoms with Gasteiger partial charge in [-0.15, -0.1) is 0 Å². The highest BCUT2D eigenvalue weighted by atomic mass is 16.6. The topological polar surface area (TPSA) is 110 Å². The van der Waals surface area contributed by atoms with Crippen molar-refractivity contribution in [3.63, 3.8) is 0 Å². The van der Waals surface area contributed by atoms with E-state index >= 15 is 0 Å².